The minimum absolute atomic E-state index is 0.0376. The summed E-state index contributed by atoms with van der Waals surface area (Å²) in [4.78, 5) is 17.0. The Bertz CT molecular complexity index is 742. The van der Waals surface area contributed by atoms with E-state index >= 15 is 0 Å². The molecule has 3 aliphatic rings. The summed E-state index contributed by atoms with van der Waals surface area (Å²) in [5, 5.41) is 0. The highest BCUT2D eigenvalue weighted by atomic mass is 19.1. The van der Waals surface area contributed by atoms with Crippen LogP contribution in [0.2, 0.25) is 0 Å². The minimum atomic E-state index is -0.334. The normalized spacial score (nSPS) is 24.3. The van der Waals surface area contributed by atoms with Gasteiger partial charge in [0, 0.05) is 12.2 Å². The number of halogens is 1. The molecule has 0 radical (unpaired) electrons. The van der Waals surface area contributed by atoms with Crippen molar-refractivity contribution in [2.45, 2.75) is 25.5 Å². The average Bonchev–Trinajstić information content (AvgIpc) is 2.69. The quantitative estimate of drug-likeness (QED) is 0.830. The van der Waals surface area contributed by atoms with Crippen LogP contribution in [0, 0.1) is 11.7 Å². The zero-order valence-corrected chi connectivity index (χ0v) is 14.7. The number of piperidine rings is 3. The van der Waals surface area contributed by atoms with Gasteiger partial charge in [0.25, 0.3) is 0 Å². The van der Waals surface area contributed by atoms with Crippen LogP contribution in [0.1, 0.15) is 18.4 Å². The number of rotatable bonds is 4. The molecule has 0 N–H and O–H groups in total. The molecule has 5 heteroatoms. The molecule has 0 saturated carbocycles. The molecule has 2 bridgehead atoms. The number of hydrogen-bond acceptors (Lipinski definition) is 3. The van der Waals surface area contributed by atoms with Crippen molar-refractivity contribution in [1.82, 2.24) is 4.90 Å². The van der Waals surface area contributed by atoms with Gasteiger partial charge in [-0.15, -0.1) is 0 Å². The van der Waals surface area contributed by atoms with Crippen LogP contribution in [0.15, 0.2) is 54.6 Å². The van der Waals surface area contributed by atoms with E-state index in [0.717, 1.165) is 43.7 Å². The van der Waals surface area contributed by atoms with E-state index in [1.807, 2.05) is 30.3 Å². The number of carbonyl (C=O) groups is 1. The Kier molecular flexibility index (Phi) is 4.89. The largest absolute Gasteiger partial charge is 0.444 e. The molecule has 3 heterocycles. The molecule has 3 aliphatic heterocycles. The van der Waals surface area contributed by atoms with Gasteiger partial charge < -0.3 is 4.74 Å². The maximum absolute atomic E-state index is 13.2. The van der Waals surface area contributed by atoms with Gasteiger partial charge in [0.2, 0.25) is 0 Å². The number of para-hydroxylation sites is 1. The monoisotopic (exact) mass is 354 g/mol. The first-order valence-corrected chi connectivity index (χ1v) is 9.19. The molecule has 1 amide bonds. The van der Waals surface area contributed by atoms with Crippen molar-refractivity contribution in [3.05, 3.63) is 66.0 Å². The molecular weight excluding hydrogens is 331 g/mol. The first-order chi connectivity index (χ1) is 12.7. The Morgan fingerprint density at radius 3 is 2.38 bits per heavy atom. The van der Waals surface area contributed by atoms with Crippen molar-refractivity contribution < 1.29 is 13.9 Å². The lowest BCUT2D eigenvalue weighted by Crippen LogP contribution is -2.53. The van der Waals surface area contributed by atoms with Crippen molar-refractivity contribution >= 4 is 11.8 Å². The molecule has 0 spiro atoms. The summed E-state index contributed by atoms with van der Waals surface area (Å²) in [5.41, 5.74) is 1.64. The van der Waals surface area contributed by atoms with Gasteiger partial charge in [-0.2, -0.15) is 0 Å². The predicted octanol–water partition coefficient (Wildman–Crippen LogP) is 4.06. The lowest BCUT2D eigenvalue weighted by Gasteiger charge is -2.44. The molecule has 4 nitrogen and oxygen atoms in total. The van der Waals surface area contributed by atoms with E-state index in [9.17, 15) is 9.18 Å². The van der Waals surface area contributed by atoms with Crippen LogP contribution >= 0.6 is 0 Å². The van der Waals surface area contributed by atoms with Crippen LogP contribution in [-0.2, 0) is 11.3 Å². The summed E-state index contributed by atoms with van der Waals surface area (Å²) in [6.45, 7) is 3.40. The highest BCUT2D eigenvalue weighted by Gasteiger charge is 2.37. The SMILES string of the molecule is O=C(O[C@H]1CN2CCC1CC2)N(Cc1ccc(F)cc1)c1ccccc1. The van der Waals surface area contributed by atoms with Crippen molar-refractivity contribution in [3.8, 4) is 0 Å². The molecule has 5 rings (SSSR count). The summed E-state index contributed by atoms with van der Waals surface area (Å²) in [5.74, 6) is 0.183. The van der Waals surface area contributed by atoms with E-state index in [0.29, 0.717) is 12.5 Å². The molecule has 26 heavy (non-hydrogen) atoms. The summed E-state index contributed by atoms with van der Waals surface area (Å²) >= 11 is 0. The number of hydrogen-bond donors (Lipinski definition) is 0. The molecule has 136 valence electrons. The second kappa shape index (κ2) is 7.46. The molecule has 2 aromatic rings. The van der Waals surface area contributed by atoms with E-state index in [1.54, 1.807) is 17.0 Å². The molecule has 3 fully saturated rings. The third kappa shape index (κ3) is 3.73. The smallest absolute Gasteiger partial charge is 0.414 e. The van der Waals surface area contributed by atoms with E-state index in [4.69, 9.17) is 4.74 Å². The Hall–Kier alpha value is -2.40. The van der Waals surface area contributed by atoms with Gasteiger partial charge in [-0.1, -0.05) is 30.3 Å². The van der Waals surface area contributed by atoms with Crippen molar-refractivity contribution in [2.75, 3.05) is 24.5 Å². The number of carbonyl (C=O) groups excluding carboxylic acids is 1. The maximum atomic E-state index is 13.2. The van der Waals surface area contributed by atoms with Gasteiger partial charge in [-0.05, 0) is 61.7 Å². The Morgan fingerprint density at radius 1 is 1.08 bits per heavy atom. The van der Waals surface area contributed by atoms with Crippen LogP contribution in [0.4, 0.5) is 14.9 Å². The van der Waals surface area contributed by atoms with E-state index in [2.05, 4.69) is 4.90 Å². The third-order valence-electron chi connectivity index (χ3n) is 5.39. The van der Waals surface area contributed by atoms with Gasteiger partial charge in [-0.25, -0.2) is 9.18 Å². The van der Waals surface area contributed by atoms with Gasteiger partial charge in [-0.3, -0.25) is 9.80 Å². The number of ether oxygens (including phenoxy) is 1. The van der Waals surface area contributed by atoms with Crippen LogP contribution in [0.5, 0.6) is 0 Å². The molecule has 3 saturated heterocycles. The molecular formula is C21H23FN2O2. The first-order valence-electron chi connectivity index (χ1n) is 9.19. The number of anilines is 1. The van der Waals surface area contributed by atoms with Crippen LogP contribution in [-0.4, -0.2) is 36.7 Å². The topological polar surface area (TPSA) is 32.8 Å². The minimum Gasteiger partial charge on any atom is -0.444 e. The molecule has 0 aromatic heterocycles. The Labute approximate surface area is 153 Å². The van der Waals surface area contributed by atoms with Gasteiger partial charge in [0.15, 0.2) is 0 Å². The van der Waals surface area contributed by atoms with E-state index in [-0.39, 0.29) is 18.0 Å². The first kappa shape index (κ1) is 17.0. The second-order valence-electron chi connectivity index (χ2n) is 7.11. The lowest BCUT2D eigenvalue weighted by molar-refractivity contribution is -0.0311. The molecule has 1 atom stereocenters. The van der Waals surface area contributed by atoms with E-state index < -0.39 is 0 Å². The Balaban J connectivity index is 1.52. The third-order valence-corrected chi connectivity index (χ3v) is 5.39. The van der Waals surface area contributed by atoms with Crippen molar-refractivity contribution in [1.29, 1.82) is 0 Å². The standard InChI is InChI=1S/C21H23FN2O2/c22-18-8-6-16(7-9-18)14-24(19-4-2-1-3-5-19)21(25)26-20-15-23-12-10-17(20)11-13-23/h1-9,17,20H,10-15H2/t20-/m0/s1. The van der Waals surface area contributed by atoms with Crippen molar-refractivity contribution in [2.24, 2.45) is 5.92 Å². The molecule has 0 unspecified atom stereocenters. The van der Waals surface area contributed by atoms with Crippen LogP contribution in [0.25, 0.3) is 0 Å². The summed E-state index contributed by atoms with van der Waals surface area (Å²) in [7, 11) is 0. The molecule has 0 aliphatic carbocycles. The zero-order chi connectivity index (χ0) is 17.9. The summed E-state index contributed by atoms with van der Waals surface area (Å²) in [6, 6.07) is 15.7. The highest BCUT2D eigenvalue weighted by Crippen LogP contribution is 2.30. The predicted molar refractivity (Wildman–Crippen MR) is 98.5 cm³/mol. The van der Waals surface area contributed by atoms with E-state index in [1.165, 1.54) is 12.1 Å². The second-order valence-corrected chi connectivity index (χ2v) is 7.11. The summed E-state index contributed by atoms with van der Waals surface area (Å²) < 4.78 is 19.1. The fraction of sp³-hybridized carbons (Fsp3) is 0.381. The highest BCUT2D eigenvalue weighted by molar-refractivity contribution is 5.87. The lowest BCUT2D eigenvalue weighted by atomic mass is 9.86. The number of fused-ring (bicyclic) bond motifs is 3. The number of nitrogens with zero attached hydrogens (tertiary/aromatic N) is 2. The maximum Gasteiger partial charge on any atom is 0.414 e. The van der Waals surface area contributed by atoms with Gasteiger partial charge in [0.1, 0.15) is 11.9 Å². The van der Waals surface area contributed by atoms with Crippen LogP contribution in [0.3, 0.4) is 0 Å². The zero-order valence-electron chi connectivity index (χ0n) is 14.7. The van der Waals surface area contributed by atoms with Crippen molar-refractivity contribution in [3.63, 3.8) is 0 Å². The number of amides is 1. The molecule has 2 aromatic carbocycles. The average molecular weight is 354 g/mol. The number of benzene rings is 2. The fourth-order valence-corrected chi connectivity index (χ4v) is 3.88. The van der Waals surface area contributed by atoms with Crippen LogP contribution < -0.4 is 4.90 Å². The van der Waals surface area contributed by atoms with Gasteiger partial charge in [0.05, 0.1) is 6.54 Å². The summed E-state index contributed by atoms with van der Waals surface area (Å²) in [6.07, 6.45) is 1.83. The van der Waals surface area contributed by atoms with Gasteiger partial charge >= 0.3 is 6.09 Å². The fourth-order valence-electron chi connectivity index (χ4n) is 3.88. The Morgan fingerprint density at radius 2 is 1.77 bits per heavy atom.